The molecule has 3 heterocycles. The second-order valence-corrected chi connectivity index (χ2v) is 10.9. The monoisotopic (exact) mass is 534 g/mol. The molecule has 2 unspecified atom stereocenters. The molecule has 1 N–H and O–H groups in total. The minimum absolute atomic E-state index is 0.0684. The summed E-state index contributed by atoms with van der Waals surface area (Å²) in [5.74, 6) is 0.280. The normalized spacial score (nSPS) is 20.4. The Morgan fingerprint density at radius 1 is 1.00 bits per heavy atom. The summed E-state index contributed by atoms with van der Waals surface area (Å²) in [7, 11) is 2.00. The van der Waals surface area contributed by atoms with E-state index in [9.17, 15) is 13.6 Å². The van der Waals surface area contributed by atoms with E-state index in [1.54, 1.807) is 42.2 Å². The zero-order valence-corrected chi connectivity index (χ0v) is 22.3. The molecular formula is C30H32F2N4OS. The summed E-state index contributed by atoms with van der Waals surface area (Å²) in [4.78, 5) is 21.6. The number of rotatable bonds is 7. The summed E-state index contributed by atoms with van der Waals surface area (Å²) in [6, 6.07) is 16.9. The molecule has 8 heteroatoms. The Hall–Kier alpha value is -3.07. The molecule has 1 aromatic heterocycles. The van der Waals surface area contributed by atoms with Crippen molar-refractivity contribution in [2.75, 3.05) is 39.0 Å². The average molecular weight is 535 g/mol. The van der Waals surface area contributed by atoms with Gasteiger partial charge in [0.2, 0.25) is 5.91 Å². The first-order valence-electron chi connectivity index (χ1n) is 13.0. The van der Waals surface area contributed by atoms with Crippen LogP contribution in [0.3, 0.4) is 0 Å². The Labute approximate surface area is 226 Å². The Morgan fingerprint density at radius 2 is 1.63 bits per heavy atom. The fourth-order valence-corrected chi connectivity index (χ4v) is 6.72. The van der Waals surface area contributed by atoms with E-state index in [1.165, 1.54) is 29.8 Å². The highest BCUT2D eigenvalue weighted by Crippen LogP contribution is 2.39. The molecule has 1 amide bonds. The van der Waals surface area contributed by atoms with Crippen molar-refractivity contribution in [3.05, 3.63) is 107 Å². The predicted molar refractivity (Wildman–Crippen MR) is 148 cm³/mol. The van der Waals surface area contributed by atoms with Gasteiger partial charge >= 0.3 is 0 Å². The quantitative estimate of drug-likeness (QED) is 0.456. The highest BCUT2D eigenvalue weighted by molar-refractivity contribution is 7.99. The van der Waals surface area contributed by atoms with Gasteiger partial charge in [0.05, 0.1) is 11.4 Å². The molecule has 2 atom stereocenters. The molecular weight excluding hydrogens is 502 g/mol. The number of piperidine rings is 1. The summed E-state index contributed by atoms with van der Waals surface area (Å²) in [5.41, 5.74) is 5.35. The molecule has 3 aromatic rings. The van der Waals surface area contributed by atoms with Crippen LogP contribution in [0, 0.1) is 11.6 Å². The van der Waals surface area contributed by atoms with Gasteiger partial charge in [0.25, 0.3) is 0 Å². The number of likely N-dealkylation sites (tertiary alicyclic amines) is 1. The predicted octanol–water partition coefficient (Wildman–Crippen LogP) is 5.12. The van der Waals surface area contributed by atoms with E-state index in [-0.39, 0.29) is 29.0 Å². The number of benzene rings is 2. The van der Waals surface area contributed by atoms with Crippen LogP contribution < -0.4 is 5.32 Å². The van der Waals surface area contributed by atoms with E-state index >= 15 is 0 Å². The molecule has 0 bridgehead atoms. The summed E-state index contributed by atoms with van der Waals surface area (Å²) in [5, 5.41) is 3.28. The summed E-state index contributed by atoms with van der Waals surface area (Å²) >= 11 is 1.77. The van der Waals surface area contributed by atoms with Gasteiger partial charge < -0.3 is 10.2 Å². The zero-order valence-electron chi connectivity index (χ0n) is 21.4. The fraction of sp³-hybridized carbons (Fsp3) is 0.333. The number of nitrogens with one attached hydrogen (secondary N) is 1. The molecule has 2 saturated heterocycles. The Bertz CT molecular complexity index is 1210. The van der Waals surface area contributed by atoms with Gasteiger partial charge in [-0.1, -0.05) is 35.9 Å². The van der Waals surface area contributed by atoms with Crippen LogP contribution in [0.25, 0.3) is 5.57 Å². The fourth-order valence-electron chi connectivity index (χ4n) is 5.25. The number of carbonyl (C=O) groups is 1. The highest BCUT2D eigenvalue weighted by Gasteiger charge is 2.36. The SMILES string of the molecule is CN1C(C(=O)NCCN2CCC(=C(c3ccc(F)cc3)c3ccc(F)cc3)CC2)CSC1c1cccnc1. The van der Waals surface area contributed by atoms with Crippen LogP contribution in [0.1, 0.15) is 34.9 Å². The van der Waals surface area contributed by atoms with E-state index in [0.29, 0.717) is 6.54 Å². The first kappa shape index (κ1) is 26.5. The van der Waals surface area contributed by atoms with Crippen LogP contribution in [0.4, 0.5) is 8.78 Å². The lowest BCUT2D eigenvalue weighted by Crippen LogP contribution is -2.46. The number of thioether (sulfide) groups is 1. The van der Waals surface area contributed by atoms with Crippen molar-refractivity contribution in [1.29, 1.82) is 0 Å². The Balaban J connectivity index is 1.16. The Morgan fingerprint density at radius 3 is 2.21 bits per heavy atom. The minimum Gasteiger partial charge on any atom is -0.353 e. The lowest BCUT2D eigenvalue weighted by Gasteiger charge is -2.30. The number of hydrogen-bond donors (Lipinski definition) is 1. The van der Waals surface area contributed by atoms with Gasteiger partial charge in [-0.25, -0.2) is 8.78 Å². The average Bonchev–Trinajstić information content (AvgIpc) is 3.33. The smallest absolute Gasteiger partial charge is 0.238 e. The molecule has 0 radical (unpaired) electrons. The molecule has 5 nitrogen and oxygen atoms in total. The van der Waals surface area contributed by atoms with Gasteiger partial charge in [0.15, 0.2) is 0 Å². The molecule has 0 spiro atoms. The van der Waals surface area contributed by atoms with Crippen LogP contribution >= 0.6 is 11.8 Å². The number of nitrogens with zero attached hydrogens (tertiary/aromatic N) is 3. The second kappa shape index (κ2) is 12.2. The first-order valence-corrected chi connectivity index (χ1v) is 14.0. The summed E-state index contributed by atoms with van der Waals surface area (Å²) < 4.78 is 27.2. The van der Waals surface area contributed by atoms with E-state index < -0.39 is 0 Å². The van der Waals surface area contributed by atoms with E-state index in [2.05, 4.69) is 26.2 Å². The van der Waals surface area contributed by atoms with Gasteiger partial charge in [-0.05, 0) is 72.5 Å². The third-order valence-electron chi connectivity index (χ3n) is 7.35. The number of pyridine rings is 1. The van der Waals surface area contributed by atoms with E-state index in [1.807, 2.05) is 19.3 Å². The summed E-state index contributed by atoms with van der Waals surface area (Å²) in [6.07, 6.45) is 5.36. The van der Waals surface area contributed by atoms with Gasteiger partial charge in [0.1, 0.15) is 11.6 Å². The molecule has 5 rings (SSSR count). The van der Waals surface area contributed by atoms with Crippen molar-refractivity contribution in [2.24, 2.45) is 0 Å². The number of hydrogen-bond acceptors (Lipinski definition) is 5. The molecule has 2 fully saturated rings. The van der Waals surface area contributed by atoms with Gasteiger partial charge in [0, 0.05) is 44.3 Å². The maximum atomic E-state index is 13.6. The highest BCUT2D eigenvalue weighted by atomic mass is 32.2. The molecule has 0 aliphatic carbocycles. The number of amides is 1. The van der Waals surface area contributed by atoms with Crippen LogP contribution in [0.15, 0.2) is 78.6 Å². The van der Waals surface area contributed by atoms with Crippen LogP contribution in [-0.4, -0.2) is 65.7 Å². The molecule has 38 heavy (non-hydrogen) atoms. The Kier molecular flexibility index (Phi) is 8.51. The lowest BCUT2D eigenvalue weighted by atomic mass is 9.88. The van der Waals surface area contributed by atoms with Gasteiger partial charge in [-0.15, -0.1) is 11.8 Å². The summed E-state index contributed by atoms with van der Waals surface area (Å²) in [6.45, 7) is 3.14. The minimum atomic E-state index is -0.274. The second-order valence-electron chi connectivity index (χ2n) is 9.78. The number of carbonyl (C=O) groups excluding carboxylic acids is 1. The van der Waals surface area contributed by atoms with Gasteiger partial charge in [-0.2, -0.15) is 0 Å². The van der Waals surface area contributed by atoms with Crippen LogP contribution in [0.2, 0.25) is 0 Å². The van der Waals surface area contributed by atoms with Crippen molar-refractivity contribution < 1.29 is 13.6 Å². The maximum absolute atomic E-state index is 13.6. The van der Waals surface area contributed by atoms with Gasteiger partial charge in [-0.3, -0.25) is 14.7 Å². The van der Waals surface area contributed by atoms with E-state index in [0.717, 1.165) is 60.5 Å². The molecule has 198 valence electrons. The molecule has 0 saturated carbocycles. The molecule has 2 aliphatic rings. The standard InChI is InChI=1S/C30H32F2N4OS/c1-35-27(20-38-30(35)24-3-2-14-33-19-24)29(37)34-15-18-36-16-12-23(13-17-36)28(21-4-8-25(31)9-5-21)22-6-10-26(32)11-7-22/h2-11,14,19,27,30H,12-13,15-18,20H2,1H3,(H,34,37). The maximum Gasteiger partial charge on any atom is 0.238 e. The topological polar surface area (TPSA) is 48.5 Å². The zero-order chi connectivity index (χ0) is 26.5. The van der Waals surface area contributed by atoms with Crippen molar-refractivity contribution in [2.45, 2.75) is 24.3 Å². The van der Waals surface area contributed by atoms with Crippen molar-refractivity contribution in [1.82, 2.24) is 20.1 Å². The van der Waals surface area contributed by atoms with Crippen molar-refractivity contribution in [3.63, 3.8) is 0 Å². The molecule has 2 aromatic carbocycles. The van der Waals surface area contributed by atoms with Crippen molar-refractivity contribution in [3.8, 4) is 0 Å². The number of halogens is 2. The van der Waals surface area contributed by atoms with Crippen molar-refractivity contribution >= 4 is 23.2 Å². The third kappa shape index (κ3) is 6.14. The number of likely N-dealkylation sites (N-methyl/N-ethyl adjacent to an activating group) is 1. The number of aromatic nitrogens is 1. The molecule has 2 aliphatic heterocycles. The van der Waals surface area contributed by atoms with Crippen LogP contribution in [0.5, 0.6) is 0 Å². The largest absolute Gasteiger partial charge is 0.353 e. The third-order valence-corrected chi connectivity index (χ3v) is 8.78. The lowest BCUT2D eigenvalue weighted by molar-refractivity contribution is -0.125. The van der Waals surface area contributed by atoms with Crippen LogP contribution in [-0.2, 0) is 4.79 Å². The van der Waals surface area contributed by atoms with E-state index in [4.69, 9.17) is 0 Å². The first-order chi connectivity index (χ1) is 18.5.